The molecule has 1 aromatic heterocycles. The van der Waals surface area contributed by atoms with Gasteiger partial charge in [-0.15, -0.1) is 0 Å². The second-order valence-electron chi connectivity index (χ2n) is 7.85. The molecule has 2 heterocycles. The zero-order valence-corrected chi connectivity index (χ0v) is 15.5. The van der Waals surface area contributed by atoms with Crippen molar-refractivity contribution in [1.29, 1.82) is 0 Å². The van der Waals surface area contributed by atoms with Crippen molar-refractivity contribution in [2.24, 2.45) is 0 Å². The van der Waals surface area contributed by atoms with Gasteiger partial charge in [-0.3, -0.25) is 9.69 Å². The van der Waals surface area contributed by atoms with Crippen LogP contribution in [0.3, 0.4) is 0 Å². The van der Waals surface area contributed by atoms with Crippen LogP contribution in [0, 0.1) is 0 Å². The lowest BCUT2D eigenvalue weighted by molar-refractivity contribution is 0.0929. The standard InChI is InChI=1S/C23H25N3O/c27-23(24-19-12-13-25(16-19)20-10-11-20)22-14-18-8-4-5-9-21(18)26(22)15-17-6-2-1-3-7-17/h1-9,14,19-20H,10-13,15-16H2,(H,24,27). The molecule has 1 N–H and O–H groups in total. The van der Waals surface area contributed by atoms with Crippen molar-refractivity contribution in [2.75, 3.05) is 13.1 Å². The Hall–Kier alpha value is -2.59. The molecule has 2 fully saturated rings. The van der Waals surface area contributed by atoms with E-state index < -0.39 is 0 Å². The second-order valence-corrected chi connectivity index (χ2v) is 7.85. The Morgan fingerprint density at radius 1 is 1.00 bits per heavy atom. The van der Waals surface area contributed by atoms with Gasteiger partial charge in [0.15, 0.2) is 0 Å². The normalized spacial score (nSPS) is 20.2. The summed E-state index contributed by atoms with van der Waals surface area (Å²) < 4.78 is 2.15. The maximum atomic E-state index is 13.1. The number of carbonyl (C=O) groups is 1. The Bertz CT molecular complexity index is 958. The zero-order valence-electron chi connectivity index (χ0n) is 15.5. The van der Waals surface area contributed by atoms with E-state index in [4.69, 9.17) is 0 Å². The molecule has 1 unspecified atom stereocenters. The smallest absolute Gasteiger partial charge is 0.268 e. The Morgan fingerprint density at radius 2 is 1.78 bits per heavy atom. The van der Waals surface area contributed by atoms with E-state index in [1.54, 1.807) is 0 Å². The van der Waals surface area contributed by atoms with Gasteiger partial charge in [0.05, 0.1) is 0 Å². The van der Waals surface area contributed by atoms with Crippen molar-refractivity contribution < 1.29 is 4.79 Å². The number of amides is 1. The maximum Gasteiger partial charge on any atom is 0.268 e. The van der Waals surface area contributed by atoms with Gasteiger partial charge in [0.25, 0.3) is 5.91 Å². The van der Waals surface area contributed by atoms with Crippen LogP contribution in [0.1, 0.15) is 35.3 Å². The Labute approximate surface area is 159 Å². The molecule has 4 nitrogen and oxygen atoms in total. The molecule has 1 aliphatic heterocycles. The van der Waals surface area contributed by atoms with Gasteiger partial charge in [0.2, 0.25) is 0 Å². The minimum atomic E-state index is 0.0461. The molecule has 0 spiro atoms. The number of para-hydroxylation sites is 1. The van der Waals surface area contributed by atoms with E-state index in [2.05, 4.69) is 39.0 Å². The van der Waals surface area contributed by atoms with Crippen LogP contribution in [0.25, 0.3) is 10.9 Å². The molecule has 27 heavy (non-hydrogen) atoms. The number of benzene rings is 2. The molecule has 1 amide bonds. The molecular formula is C23H25N3O. The Balaban J connectivity index is 1.41. The molecule has 5 rings (SSSR count). The van der Waals surface area contributed by atoms with Crippen LogP contribution in [0.15, 0.2) is 60.7 Å². The molecule has 0 radical (unpaired) electrons. The summed E-state index contributed by atoms with van der Waals surface area (Å²) in [6, 6.07) is 21.7. The van der Waals surface area contributed by atoms with Gasteiger partial charge >= 0.3 is 0 Å². The van der Waals surface area contributed by atoms with Crippen molar-refractivity contribution in [3.63, 3.8) is 0 Å². The van der Waals surface area contributed by atoms with Gasteiger partial charge in [-0.1, -0.05) is 48.5 Å². The summed E-state index contributed by atoms with van der Waals surface area (Å²) >= 11 is 0. The summed E-state index contributed by atoms with van der Waals surface area (Å²) in [5.74, 6) is 0.0461. The number of carbonyl (C=O) groups excluding carboxylic acids is 1. The number of likely N-dealkylation sites (tertiary alicyclic amines) is 1. The summed E-state index contributed by atoms with van der Waals surface area (Å²) in [4.78, 5) is 15.7. The van der Waals surface area contributed by atoms with Crippen LogP contribution in [0.5, 0.6) is 0 Å². The van der Waals surface area contributed by atoms with Gasteiger partial charge < -0.3 is 9.88 Å². The van der Waals surface area contributed by atoms with E-state index in [0.717, 1.165) is 42.1 Å². The van der Waals surface area contributed by atoms with E-state index in [0.29, 0.717) is 6.54 Å². The lowest BCUT2D eigenvalue weighted by Crippen LogP contribution is -2.38. The van der Waals surface area contributed by atoms with Crippen molar-refractivity contribution >= 4 is 16.8 Å². The minimum absolute atomic E-state index is 0.0461. The van der Waals surface area contributed by atoms with Crippen LogP contribution in [-0.2, 0) is 6.54 Å². The van der Waals surface area contributed by atoms with Gasteiger partial charge in [-0.05, 0) is 37.0 Å². The van der Waals surface area contributed by atoms with Gasteiger partial charge in [-0.25, -0.2) is 0 Å². The largest absolute Gasteiger partial charge is 0.347 e. The van der Waals surface area contributed by atoms with E-state index in [-0.39, 0.29) is 11.9 Å². The molecule has 0 bridgehead atoms. The first-order chi connectivity index (χ1) is 13.3. The zero-order chi connectivity index (χ0) is 18.2. The van der Waals surface area contributed by atoms with Gasteiger partial charge in [-0.2, -0.15) is 0 Å². The van der Waals surface area contributed by atoms with Crippen LogP contribution < -0.4 is 5.32 Å². The molecule has 4 heteroatoms. The Kier molecular flexibility index (Phi) is 4.21. The highest BCUT2D eigenvalue weighted by atomic mass is 16.2. The SMILES string of the molecule is O=C(NC1CCN(C2CC2)C1)c1cc2ccccc2n1Cc1ccccc1. The molecule has 1 saturated heterocycles. The first kappa shape index (κ1) is 16.6. The number of rotatable bonds is 5. The fourth-order valence-corrected chi connectivity index (χ4v) is 4.27. The average molecular weight is 359 g/mol. The first-order valence-corrected chi connectivity index (χ1v) is 9.95. The van der Waals surface area contributed by atoms with Crippen molar-refractivity contribution in [2.45, 2.75) is 37.9 Å². The van der Waals surface area contributed by atoms with Crippen molar-refractivity contribution in [3.05, 3.63) is 71.9 Å². The monoisotopic (exact) mass is 359 g/mol. The molecule has 1 atom stereocenters. The third kappa shape index (κ3) is 3.37. The lowest BCUT2D eigenvalue weighted by Gasteiger charge is -2.17. The van der Waals surface area contributed by atoms with Crippen LogP contribution in [0.4, 0.5) is 0 Å². The predicted octanol–water partition coefficient (Wildman–Crippen LogP) is 3.66. The van der Waals surface area contributed by atoms with E-state index >= 15 is 0 Å². The second kappa shape index (κ2) is 6.86. The van der Waals surface area contributed by atoms with Crippen molar-refractivity contribution in [3.8, 4) is 0 Å². The maximum absolute atomic E-state index is 13.1. The number of hydrogen-bond acceptors (Lipinski definition) is 2. The summed E-state index contributed by atoms with van der Waals surface area (Å²) in [5.41, 5.74) is 3.07. The highest BCUT2D eigenvalue weighted by Crippen LogP contribution is 2.30. The number of fused-ring (bicyclic) bond motifs is 1. The fourth-order valence-electron chi connectivity index (χ4n) is 4.27. The topological polar surface area (TPSA) is 37.3 Å². The minimum Gasteiger partial charge on any atom is -0.347 e. The number of aromatic nitrogens is 1. The Morgan fingerprint density at radius 3 is 2.59 bits per heavy atom. The van der Waals surface area contributed by atoms with Crippen molar-refractivity contribution in [1.82, 2.24) is 14.8 Å². The molecule has 2 aliphatic rings. The fraction of sp³-hybridized carbons (Fsp3) is 0.348. The summed E-state index contributed by atoms with van der Waals surface area (Å²) in [5, 5.41) is 4.41. The molecular weight excluding hydrogens is 334 g/mol. The first-order valence-electron chi connectivity index (χ1n) is 9.95. The van der Waals surface area contributed by atoms with Crippen LogP contribution in [-0.4, -0.2) is 40.5 Å². The summed E-state index contributed by atoms with van der Waals surface area (Å²) in [7, 11) is 0. The highest BCUT2D eigenvalue weighted by Gasteiger charge is 2.35. The number of nitrogens with zero attached hydrogens (tertiary/aromatic N) is 2. The lowest BCUT2D eigenvalue weighted by atomic mass is 10.2. The molecule has 3 aromatic rings. The molecule has 1 saturated carbocycles. The summed E-state index contributed by atoms with van der Waals surface area (Å²) in [6.45, 7) is 2.81. The van der Waals surface area contributed by atoms with E-state index in [1.165, 1.54) is 18.4 Å². The molecule has 1 aliphatic carbocycles. The third-order valence-corrected chi connectivity index (χ3v) is 5.84. The average Bonchev–Trinajstić information content (AvgIpc) is 3.34. The van der Waals surface area contributed by atoms with Gasteiger partial charge in [0, 0.05) is 42.6 Å². The molecule has 2 aromatic carbocycles. The number of nitrogens with one attached hydrogen (secondary N) is 1. The van der Waals surface area contributed by atoms with E-state index in [1.807, 2.05) is 36.4 Å². The highest BCUT2D eigenvalue weighted by molar-refractivity contribution is 5.99. The van der Waals surface area contributed by atoms with E-state index in [9.17, 15) is 4.79 Å². The molecule has 138 valence electrons. The quantitative estimate of drug-likeness (QED) is 0.755. The van der Waals surface area contributed by atoms with Gasteiger partial charge in [0.1, 0.15) is 5.69 Å². The van der Waals surface area contributed by atoms with Crippen LogP contribution >= 0.6 is 0 Å². The third-order valence-electron chi connectivity index (χ3n) is 5.84. The predicted molar refractivity (Wildman–Crippen MR) is 108 cm³/mol. The summed E-state index contributed by atoms with van der Waals surface area (Å²) in [6.07, 6.45) is 3.71. The number of hydrogen-bond donors (Lipinski definition) is 1. The van der Waals surface area contributed by atoms with Crippen LogP contribution in [0.2, 0.25) is 0 Å².